The molecule has 0 atom stereocenters. The number of likely N-dealkylation sites (tertiary alicyclic amines) is 1. The minimum Gasteiger partial charge on any atom is -0.294 e. The molecule has 1 aromatic carbocycles. The Hall–Kier alpha value is -1.37. The third-order valence-electron chi connectivity index (χ3n) is 2.54. The highest BCUT2D eigenvalue weighted by atomic mass is 16.1. The summed E-state index contributed by atoms with van der Waals surface area (Å²) < 4.78 is 0. The second-order valence-electron chi connectivity index (χ2n) is 3.65. The Balaban J connectivity index is 1.97. The summed E-state index contributed by atoms with van der Waals surface area (Å²) in [6.07, 6.45) is 0.885. The standard InChI is InChI=1S/C12H13NO/c14-10-12-6-7-13(9-12)8-11-4-2-1-3-5-11/h1-5H,6-9H2. The van der Waals surface area contributed by atoms with Gasteiger partial charge in [0, 0.05) is 25.2 Å². The van der Waals surface area contributed by atoms with E-state index >= 15 is 0 Å². The molecule has 2 rings (SSSR count). The number of hydrogen-bond donors (Lipinski definition) is 0. The molecule has 1 saturated heterocycles. The van der Waals surface area contributed by atoms with E-state index < -0.39 is 0 Å². The average Bonchev–Trinajstić information content (AvgIpc) is 2.67. The number of hydrogen-bond acceptors (Lipinski definition) is 2. The van der Waals surface area contributed by atoms with Gasteiger partial charge in [-0.2, -0.15) is 0 Å². The molecule has 0 aliphatic carbocycles. The van der Waals surface area contributed by atoms with Crippen molar-refractivity contribution in [2.24, 2.45) is 0 Å². The maximum atomic E-state index is 10.4. The van der Waals surface area contributed by atoms with E-state index in [1.165, 1.54) is 5.56 Å². The highest BCUT2D eigenvalue weighted by Gasteiger charge is 2.16. The van der Waals surface area contributed by atoms with Crippen molar-refractivity contribution in [3.05, 3.63) is 41.5 Å². The van der Waals surface area contributed by atoms with E-state index in [1.54, 1.807) is 0 Å². The Morgan fingerprint density at radius 2 is 2.07 bits per heavy atom. The largest absolute Gasteiger partial charge is 0.294 e. The lowest BCUT2D eigenvalue weighted by atomic mass is 10.2. The second-order valence-corrected chi connectivity index (χ2v) is 3.65. The first-order valence-electron chi connectivity index (χ1n) is 4.87. The second kappa shape index (κ2) is 4.23. The van der Waals surface area contributed by atoms with Gasteiger partial charge in [0.2, 0.25) is 0 Å². The molecule has 14 heavy (non-hydrogen) atoms. The SMILES string of the molecule is O=C=C1CCN(Cc2ccccc2)C1. The van der Waals surface area contributed by atoms with E-state index in [-0.39, 0.29) is 0 Å². The van der Waals surface area contributed by atoms with Crippen LogP contribution in [-0.2, 0) is 11.3 Å². The van der Waals surface area contributed by atoms with Crippen LogP contribution >= 0.6 is 0 Å². The van der Waals surface area contributed by atoms with Crippen LogP contribution in [0, 0.1) is 0 Å². The molecule has 72 valence electrons. The molecule has 0 spiro atoms. The zero-order valence-corrected chi connectivity index (χ0v) is 8.07. The predicted molar refractivity (Wildman–Crippen MR) is 55.5 cm³/mol. The van der Waals surface area contributed by atoms with Crippen LogP contribution < -0.4 is 0 Å². The van der Waals surface area contributed by atoms with Crippen LogP contribution in [0.5, 0.6) is 0 Å². The van der Waals surface area contributed by atoms with Crippen LogP contribution in [0.2, 0.25) is 0 Å². The van der Waals surface area contributed by atoms with Crippen molar-refractivity contribution in [3.8, 4) is 0 Å². The van der Waals surface area contributed by atoms with E-state index in [0.717, 1.165) is 31.6 Å². The molecular weight excluding hydrogens is 174 g/mol. The fourth-order valence-electron chi connectivity index (χ4n) is 1.78. The molecule has 1 aliphatic heterocycles. The van der Waals surface area contributed by atoms with E-state index in [2.05, 4.69) is 17.0 Å². The normalized spacial score (nSPS) is 17.0. The molecular formula is C12H13NO. The summed E-state index contributed by atoms with van der Waals surface area (Å²) >= 11 is 0. The van der Waals surface area contributed by atoms with E-state index in [4.69, 9.17) is 0 Å². The van der Waals surface area contributed by atoms with Crippen molar-refractivity contribution in [1.29, 1.82) is 0 Å². The average molecular weight is 187 g/mol. The van der Waals surface area contributed by atoms with Gasteiger partial charge in [0.1, 0.15) is 5.94 Å². The molecule has 1 fully saturated rings. The third-order valence-corrected chi connectivity index (χ3v) is 2.54. The third kappa shape index (κ3) is 2.11. The fourth-order valence-corrected chi connectivity index (χ4v) is 1.78. The van der Waals surface area contributed by atoms with Gasteiger partial charge < -0.3 is 0 Å². The van der Waals surface area contributed by atoms with E-state index in [0.29, 0.717) is 0 Å². The summed E-state index contributed by atoms with van der Waals surface area (Å²) in [6.45, 7) is 2.71. The molecule has 2 heteroatoms. The van der Waals surface area contributed by atoms with Gasteiger partial charge in [-0.3, -0.25) is 4.90 Å². The molecule has 2 nitrogen and oxygen atoms in total. The number of carbonyl (C=O) groups excluding carboxylic acids is 1. The smallest absolute Gasteiger partial charge is 0.124 e. The van der Waals surface area contributed by atoms with Gasteiger partial charge in [-0.1, -0.05) is 30.3 Å². The Bertz CT molecular complexity index is 352. The van der Waals surface area contributed by atoms with Crippen LogP contribution in [-0.4, -0.2) is 23.9 Å². The van der Waals surface area contributed by atoms with Crippen molar-refractivity contribution in [2.45, 2.75) is 13.0 Å². The first kappa shape index (κ1) is 9.20. The van der Waals surface area contributed by atoms with Crippen LogP contribution in [0.25, 0.3) is 0 Å². The molecule has 0 aromatic heterocycles. The Labute approximate surface area is 83.8 Å². The van der Waals surface area contributed by atoms with Gasteiger partial charge in [0.15, 0.2) is 0 Å². The monoisotopic (exact) mass is 187 g/mol. The van der Waals surface area contributed by atoms with Gasteiger partial charge in [-0.05, 0) is 12.0 Å². The maximum Gasteiger partial charge on any atom is 0.124 e. The van der Waals surface area contributed by atoms with Crippen LogP contribution in [0.3, 0.4) is 0 Å². The van der Waals surface area contributed by atoms with Crippen LogP contribution in [0.15, 0.2) is 35.9 Å². The number of benzene rings is 1. The molecule has 0 radical (unpaired) electrons. The van der Waals surface area contributed by atoms with Gasteiger partial charge >= 0.3 is 0 Å². The van der Waals surface area contributed by atoms with Crippen molar-refractivity contribution in [1.82, 2.24) is 4.90 Å². The Morgan fingerprint density at radius 1 is 1.29 bits per heavy atom. The Kier molecular flexibility index (Phi) is 2.78. The summed E-state index contributed by atoms with van der Waals surface area (Å²) in [6, 6.07) is 10.3. The van der Waals surface area contributed by atoms with Gasteiger partial charge in [0.25, 0.3) is 0 Å². The quantitative estimate of drug-likeness (QED) is 0.656. The lowest BCUT2D eigenvalue weighted by molar-refractivity contribution is 0.337. The van der Waals surface area contributed by atoms with Crippen molar-refractivity contribution >= 4 is 5.94 Å². The minimum absolute atomic E-state index is 0.790. The Morgan fingerprint density at radius 3 is 2.71 bits per heavy atom. The lowest BCUT2D eigenvalue weighted by Gasteiger charge is -2.13. The number of nitrogens with zero attached hydrogens (tertiary/aromatic N) is 1. The molecule has 0 unspecified atom stereocenters. The molecule has 0 bridgehead atoms. The van der Waals surface area contributed by atoms with Crippen LogP contribution in [0.4, 0.5) is 0 Å². The van der Waals surface area contributed by atoms with Gasteiger partial charge in [0.05, 0.1) is 0 Å². The highest BCUT2D eigenvalue weighted by molar-refractivity contribution is 5.53. The molecule has 1 aromatic rings. The summed E-state index contributed by atoms with van der Waals surface area (Å²) in [7, 11) is 0. The van der Waals surface area contributed by atoms with Crippen molar-refractivity contribution in [2.75, 3.05) is 13.1 Å². The lowest BCUT2D eigenvalue weighted by Crippen LogP contribution is -2.18. The molecule has 1 aliphatic rings. The molecule has 1 heterocycles. The highest BCUT2D eigenvalue weighted by Crippen LogP contribution is 2.15. The number of rotatable bonds is 2. The summed E-state index contributed by atoms with van der Waals surface area (Å²) in [5.41, 5.74) is 2.21. The minimum atomic E-state index is 0.790. The topological polar surface area (TPSA) is 20.3 Å². The first-order valence-corrected chi connectivity index (χ1v) is 4.87. The van der Waals surface area contributed by atoms with Crippen LogP contribution in [0.1, 0.15) is 12.0 Å². The van der Waals surface area contributed by atoms with E-state index in [9.17, 15) is 4.79 Å². The van der Waals surface area contributed by atoms with Gasteiger partial charge in [-0.25, -0.2) is 4.79 Å². The zero-order valence-electron chi connectivity index (χ0n) is 8.07. The maximum absolute atomic E-state index is 10.4. The molecule has 0 amide bonds. The summed E-state index contributed by atoms with van der Waals surface area (Å²) in [5, 5.41) is 0. The first-order chi connectivity index (χ1) is 6.88. The molecule has 0 N–H and O–H groups in total. The summed E-state index contributed by atoms with van der Waals surface area (Å²) in [5.74, 6) is 2.00. The van der Waals surface area contributed by atoms with Gasteiger partial charge in [-0.15, -0.1) is 0 Å². The summed E-state index contributed by atoms with van der Waals surface area (Å²) in [4.78, 5) is 12.7. The van der Waals surface area contributed by atoms with E-state index in [1.807, 2.05) is 24.1 Å². The van der Waals surface area contributed by atoms with Crippen molar-refractivity contribution in [3.63, 3.8) is 0 Å². The van der Waals surface area contributed by atoms with Crippen molar-refractivity contribution < 1.29 is 4.79 Å². The predicted octanol–water partition coefficient (Wildman–Crippen LogP) is 1.65. The zero-order chi connectivity index (χ0) is 9.80. The molecule has 0 saturated carbocycles. The fraction of sp³-hybridized carbons (Fsp3) is 0.333.